The molecule has 1 aliphatic carbocycles. The Morgan fingerprint density at radius 1 is 1.25 bits per heavy atom. The summed E-state index contributed by atoms with van der Waals surface area (Å²) in [6.07, 6.45) is 2.48. The minimum Gasteiger partial charge on any atom is -0.378 e. The Balaban J connectivity index is 2.13. The second-order valence-electron chi connectivity index (χ2n) is 6.68. The quantitative estimate of drug-likeness (QED) is 0.738. The van der Waals surface area contributed by atoms with Crippen molar-refractivity contribution in [3.05, 3.63) is 0 Å². The molecule has 1 saturated carbocycles. The maximum atomic E-state index is 6.43. The summed E-state index contributed by atoms with van der Waals surface area (Å²) >= 11 is 0. The van der Waals surface area contributed by atoms with Crippen LogP contribution in [0.3, 0.4) is 0 Å². The van der Waals surface area contributed by atoms with Gasteiger partial charge in [-0.05, 0) is 32.1 Å². The summed E-state index contributed by atoms with van der Waals surface area (Å²) in [4.78, 5) is 2.58. The molecule has 1 saturated heterocycles. The number of hydrogen-bond donors (Lipinski definition) is 1. The third kappa shape index (κ3) is 2.01. The number of hydrogen-bond acceptors (Lipinski definition) is 3. The standard InChI is InChI=1S/C13H26N2O/c1-12(2)6-5-10(11(12)14)15-7-8-16-9-13(15,3)4/h10-11H,5-9,14H2,1-4H3. The van der Waals surface area contributed by atoms with E-state index in [0.717, 1.165) is 19.8 Å². The molecule has 2 atom stereocenters. The maximum absolute atomic E-state index is 6.43. The van der Waals surface area contributed by atoms with E-state index in [2.05, 4.69) is 32.6 Å². The van der Waals surface area contributed by atoms with E-state index < -0.39 is 0 Å². The van der Waals surface area contributed by atoms with Gasteiger partial charge in [-0.15, -0.1) is 0 Å². The van der Waals surface area contributed by atoms with Gasteiger partial charge in [0.25, 0.3) is 0 Å². The van der Waals surface area contributed by atoms with Crippen molar-refractivity contribution in [2.45, 2.75) is 58.2 Å². The monoisotopic (exact) mass is 226 g/mol. The lowest BCUT2D eigenvalue weighted by molar-refractivity contribution is -0.0752. The third-order valence-corrected chi connectivity index (χ3v) is 4.51. The Morgan fingerprint density at radius 3 is 2.44 bits per heavy atom. The molecule has 0 aromatic rings. The van der Waals surface area contributed by atoms with Crippen LogP contribution in [0.2, 0.25) is 0 Å². The minimum absolute atomic E-state index is 0.140. The molecular formula is C13H26N2O. The summed E-state index contributed by atoms with van der Waals surface area (Å²) in [5.74, 6) is 0. The first-order valence-electron chi connectivity index (χ1n) is 6.45. The van der Waals surface area contributed by atoms with Gasteiger partial charge in [-0.2, -0.15) is 0 Å². The summed E-state index contributed by atoms with van der Waals surface area (Å²) in [5, 5.41) is 0. The van der Waals surface area contributed by atoms with Gasteiger partial charge in [-0.25, -0.2) is 0 Å². The van der Waals surface area contributed by atoms with Gasteiger partial charge in [-0.1, -0.05) is 13.8 Å². The second kappa shape index (κ2) is 3.97. The van der Waals surface area contributed by atoms with E-state index in [1.54, 1.807) is 0 Å². The molecule has 16 heavy (non-hydrogen) atoms. The summed E-state index contributed by atoms with van der Waals surface area (Å²) in [6.45, 7) is 11.8. The third-order valence-electron chi connectivity index (χ3n) is 4.51. The van der Waals surface area contributed by atoms with Gasteiger partial charge in [0.15, 0.2) is 0 Å². The molecule has 3 nitrogen and oxygen atoms in total. The molecule has 2 N–H and O–H groups in total. The van der Waals surface area contributed by atoms with Crippen molar-refractivity contribution >= 4 is 0 Å². The van der Waals surface area contributed by atoms with Crippen LogP contribution >= 0.6 is 0 Å². The normalized spacial score (nSPS) is 38.8. The predicted molar refractivity (Wildman–Crippen MR) is 66.4 cm³/mol. The summed E-state index contributed by atoms with van der Waals surface area (Å²) < 4.78 is 5.58. The molecule has 0 spiro atoms. The summed E-state index contributed by atoms with van der Waals surface area (Å²) in [6, 6.07) is 0.832. The highest BCUT2D eigenvalue weighted by Crippen LogP contribution is 2.40. The summed E-state index contributed by atoms with van der Waals surface area (Å²) in [7, 11) is 0. The Kier molecular flexibility index (Phi) is 3.06. The van der Waals surface area contributed by atoms with Crippen molar-refractivity contribution in [2.75, 3.05) is 19.8 Å². The van der Waals surface area contributed by atoms with E-state index >= 15 is 0 Å². The van der Waals surface area contributed by atoms with E-state index in [9.17, 15) is 0 Å². The van der Waals surface area contributed by atoms with Crippen LogP contribution in [0.1, 0.15) is 40.5 Å². The first-order chi connectivity index (χ1) is 7.34. The lowest BCUT2D eigenvalue weighted by Crippen LogP contribution is -2.61. The van der Waals surface area contributed by atoms with Crippen LogP contribution in [0.5, 0.6) is 0 Å². The lowest BCUT2D eigenvalue weighted by Gasteiger charge is -2.47. The Hall–Kier alpha value is -0.120. The number of ether oxygens (including phenoxy) is 1. The van der Waals surface area contributed by atoms with Crippen LogP contribution in [0.4, 0.5) is 0 Å². The van der Waals surface area contributed by atoms with Crippen LogP contribution in [-0.4, -0.2) is 42.3 Å². The van der Waals surface area contributed by atoms with Gasteiger partial charge in [0, 0.05) is 24.2 Å². The van der Waals surface area contributed by atoms with Gasteiger partial charge in [0.2, 0.25) is 0 Å². The number of nitrogens with zero attached hydrogens (tertiary/aromatic N) is 1. The molecule has 2 rings (SSSR count). The van der Waals surface area contributed by atoms with Crippen molar-refractivity contribution in [3.63, 3.8) is 0 Å². The van der Waals surface area contributed by atoms with Crippen LogP contribution in [-0.2, 0) is 4.74 Å². The maximum Gasteiger partial charge on any atom is 0.0645 e. The molecule has 1 aliphatic heterocycles. The number of rotatable bonds is 1. The van der Waals surface area contributed by atoms with Crippen molar-refractivity contribution in [3.8, 4) is 0 Å². The number of nitrogens with two attached hydrogens (primary N) is 1. The minimum atomic E-state index is 0.140. The molecule has 94 valence electrons. The smallest absolute Gasteiger partial charge is 0.0645 e. The van der Waals surface area contributed by atoms with Gasteiger partial charge in [-0.3, -0.25) is 4.90 Å². The van der Waals surface area contributed by atoms with Crippen LogP contribution < -0.4 is 5.73 Å². The van der Waals surface area contributed by atoms with Crippen LogP contribution in [0.15, 0.2) is 0 Å². The first kappa shape index (κ1) is 12.3. The number of morpholine rings is 1. The zero-order valence-electron chi connectivity index (χ0n) is 11.1. The molecule has 3 heteroatoms. The molecule has 2 unspecified atom stereocenters. The van der Waals surface area contributed by atoms with Crippen molar-refractivity contribution in [1.82, 2.24) is 4.90 Å². The van der Waals surface area contributed by atoms with Gasteiger partial charge >= 0.3 is 0 Å². The predicted octanol–water partition coefficient (Wildman–Crippen LogP) is 1.61. The zero-order chi connectivity index (χ0) is 12.0. The van der Waals surface area contributed by atoms with E-state index in [1.807, 2.05) is 0 Å². The fourth-order valence-electron chi connectivity index (χ4n) is 3.22. The average Bonchev–Trinajstić information content (AvgIpc) is 2.43. The molecule has 2 aliphatic rings. The van der Waals surface area contributed by atoms with Crippen LogP contribution in [0, 0.1) is 5.41 Å². The zero-order valence-corrected chi connectivity index (χ0v) is 11.1. The first-order valence-corrected chi connectivity index (χ1v) is 6.45. The van der Waals surface area contributed by atoms with Crippen molar-refractivity contribution in [1.29, 1.82) is 0 Å². The average molecular weight is 226 g/mol. The molecule has 0 radical (unpaired) electrons. The lowest BCUT2D eigenvalue weighted by atomic mass is 9.86. The Labute approximate surface area is 99.3 Å². The topological polar surface area (TPSA) is 38.5 Å². The van der Waals surface area contributed by atoms with Crippen LogP contribution in [0.25, 0.3) is 0 Å². The van der Waals surface area contributed by atoms with Gasteiger partial charge < -0.3 is 10.5 Å². The molecule has 0 aromatic heterocycles. The fraction of sp³-hybridized carbons (Fsp3) is 1.00. The molecule has 1 heterocycles. The Morgan fingerprint density at radius 2 is 1.94 bits per heavy atom. The summed E-state index contributed by atoms with van der Waals surface area (Å²) in [5.41, 5.74) is 6.86. The molecule has 2 fully saturated rings. The highest BCUT2D eigenvalue weighted by Gasteiger charge is 2.46. The molecule has 0 aromatic carbocycles. The van der Waals surface area contributed by atoms with E-state index in [0.29, 0.717) is 17.5 Å². The van der Waals surface area contributed by atoms with Crippen molar-refractivity contribution in [2.24, 2.45) is 11.1 Å². The largest absolute Gasteiger partial charge is 0.378 e. The van der Waals surface area contributed by atoms with Gasteiger partial charge in [0.1, 0.15) is 0 Å². The molecule has 0 bridgehead atoms. The fourth-order valence-corrected chi connectivity index (χ4v) is 3.22. The highest BCUT2D eigenvalue weighted by atomic mass is 16.5. The van der Waals surface area contributed by atoms with E-state index in [-0.39, 0.29) is 5.54 Å². The second-order valence-corrected chi connectivity index (χ2v) is 6.68. The molecular weight excluding hydrogens is 200 g/mol. The Bertz CT molecular complexity index is 263. The molecule has 0 amide bonds. The van der Waals surface area contributed by atoms with Crippen molar-refractivity contribution < 1.29 is 4.74 Å². The SMILES string of the molecule is CC1(C)CCC(N2CCOCC2(C)C)C1N. The highest BCUT2D eigenvalue weighted by molar-refractivity contribution is 5.03. The van der Waals surface area contributed by atoms with E-state index in [1.165, 1.54) is 12.8 Å². The van der Waals surface area contributed by atoms with Gasteiger partial charge in [0.05, 0.1) is 13.2 Å². The van der Waals surface area contributed by atoms with E-state index in [4.69, 9.17) is 10.5 Å².